The Morgan fingerprint density at radius 2 is 2.00 bits per heavy atom. The van der Waals surface area contributed by atoms with Crippen LogP contribution >= 0.6 is 35.4 Å². The van der Waals surface area contributed by atoms with Crippen molar-refractivity contribution in [3.05, 3.63) is 56.5 Å². The SMILES string of the molecule is Cc1cccc(Cn2c(=S)[nH]c3cc(Cl)c(Cl)cc32)n1. The van der Waals surface area contributed by atoms with Crippen LogP contribution in [0.1, 0.15) is 11.4 Å². The Bertz CT molecular complexity index is 851. The molecule has 1 aromatic carbocycles. The van der Waals surface area contributed by atoms with Crippen LogP contribution in [-0.2, 0) is 6.54 Å². The Hall–Kier alpha value is -1.36. The fourth-order valence-electron chi connectivity index (χ4n) is 2.16. The molecule has 3 nitrogen and oxygen atoms in total. The molecule has 2 aromatic heterocycles. The average molecular weight is 324 g/mol. The molecule has 0 saturated carbocycles. The number of rotatable bonds is 2. The molecule has 0 fully saturated rings. The van der Waals surface area contributed by atoms with E-state index in [0.717, 1.165) is 22.4 Å². The van der Waals surface area contributed by atoms with Gasteiger partial charge in [-0.2, -0.15) is 0 Å². The normalized spacial score (nSPS) is 11.2. The zero-order valence-corrected chi connectivity index (χ0v) is 13.0. The van der Waals surface area contributed by atoms with Gasteiger partial charge in [-0.05, 0) is 43.4 Å². The quantitative estimate of drug-likeness (QED) is 0.690. The van der Waals surface area contributed by atoms with E-state index in [4.69, 9.17) is 35.4 Å². The van der Waals surface area contributed by atoms with Crippen LogP contribution in [0.4, 0.5) is 0 Å². The number of halogens is 2. The first-order valence-electron chi connectivity index (χ1n) is 6.05. The second-order valence-corrected chi connectivity index (χ2v) is 5.77. The highest BCUT2D eigenvalue weighted by molar-refractivity contribution is 7.71. The van der Waals surface area contributed by atoms with Crippen molar-refractivity contribution < 1.29 is 0 Å². The molecule has 20 heavy (non-hydrogen) atoms. The molecule has 0 amide bonds. The predicted molar refractivity (Wildman–Crippen MR) is 85.2 cm³/mol. The fourth-order valence-corrected chi connectivity index (χ4v) is 2.75. The molecule has 2 heterocycles. The Balaban J connectivity index is 2.14. The highest BCUT2D eigenvalue weighted by atomic mass is 35.5. The van der Waals surface area contributed by atoms with E-state index in [1.807, 2.05) is 35.8 Å². The first kappa shape index (κ1) is 13.6. The molecule has 0 spiro atoms. The average Bonchev–Trinajstić information content (AvgIpc) is 2.67. The minimum atomic E-state index is 0.510. The lowest BCUT2D eigenvalue weighted by Gasteiger charge is -2.05. The summed E-state index contributed by atoms with van der Waals surface area (Å²) in [5.41, 5.74) is 3.73. The lowest BCUT2D eigenvalue weighted by atomic mass is 10.3. The summed E-state index contributed by atoms with van der Waals surface area (Å²) >= 11 is 17.5. The second kappa shape index (κ2) is 5.20. The van der Waals surface area contributed by atoms with Crippen molar-refractivity contribution in [2.75, 3.05) is 0 Å². The van der Waals surface area contributed by atoms with Crippen molar-refractivity contribution in [2.24, 2.45) is 0 Å². The first-order valence-corrected chi connectivity index (χ1v) is 7.21. The number of hydrogen-bond donors (Lipinski definition) is 1. The molecule has 6 heteroatoms. The molecule has 0 aliphatic rings. The minimum absolute atomic E-state index is 0.510. The minimum Gasteiger partial charge on any atom is -0.331 e. The number of imidazole rings is 1. The highest BCUT2D eigenvalue weighted by Gasteiger charge is 2.09. The van der Waals surface area contributed by atoms with Crippen molar-refractivity contribution in [3.63, 3.8) is 0 Å². The van der Waals surface area contributed by atoms with Crippen LogP contribution < -0.4 is 0 Å². The molecule has 0 saturated heterocycles. The van der Waals surface area contributed by atoms with E-state index in [1.54, 1.807) is 6.07 Å². The topological polar surface area (TPSA) is 33.6 Å². The van der Waals surface area contributed by atoms with Crippen molar-refractivity contribution >= 4 is 46.5 Å². The monoisotopic (exact) mass is 323 g/mol. The van der Waals surface area contributed by atoms with Gasteiger partial charge in [0, 0.05) is 5.69 Å². The van der Waals surface area contributed by atoms with Gasteiger partial charge in [-0.25, -0.2) is 0 Å². The van der Waals surface area contributed by atoms with E-state index in [-0.39, 0.29) is 0 Å². The Kier molecular flexibility index (Phi) is 3.54. The van der Waals surface area contributed by atoms with E-state index in [2.05, 4.69) is 9.97 Å². The van der Waals surface area contributed by atoms with Gasteiger partial charge < -0.3 is 9.55 Å². The van der Waals surface area contributed by atoms with Gasteiger partial charge in [0.25, 0.3) is 0 Å². The Labute approximate surface area is 131 Å². The van der Waals surface area contributed by atoms with Crippen molar-refractivity contribution in [1.82, 2.24) is 14.5 Å². The predicted octanol–water partition coefficient (Wildman–Crippen LogP) is 4.76. The number of aromatic amines is 1. The van der Waals surface area contributed by atoms with Gasteiger partial charge in [-0.1, -0.05) is 29.3 Å². The number of nitrogens with one attached hydrogen (secondary N) is 1. The lowest BCUT2D eigenvalue weighted by molar-refractivity contribution is 0.781. The van der Waals surface area contributed by atoms with Gasteiger partial charge in [-0.3, -0.25) is 4.98 Å². The summed E-state index contributed by atoms with van der Waals surface area (Å²) in [6.45, 7) is 2.56. The molecule has 3 rings (SSSR count). The van der Waals surface area contributed by atoms with E-state index in [1.165, 1.54) is 0 Å². The maximum Gasteiger partial charge on any atom is 0.178 e. The van der Waals surface area contributed by atoms with Gasteiger partial charge in [0.2, 0.25) is 0 Å². The number of aryl methyl sites for hydroxylation is 1. The largest absolute Gasteiger partial charge is 0.331 e. The molecule has 0 atom stereocenters. The molecule has 1 N–H and O–H groups in total. The van der Waals surface area contributed by atoms with Gasteiger partial charge in [0.05, 0.1) is 33.3 Å². The Morgan fingerprint density at radius 1 is 1.25 bits per heavy atom. The van der Waals surface area contributed by atoms with Gasteiger partial charge in [-0.15, -0.1) is 0 Å². The molecular weight excluding hydrogens is 313 g/mol. The number of hydrogen-bond acceptors (Lipinski definition) is 2. The van der Waals surface area contributed by atoms with Gasteiger partial charge in [0.15, 0.2) is 4.77 Å². The second-order valence-electron chi connectivity index (χ2n) is 4.57. The summed E-state index contributed by atoms with van der Waals surface area (Å²) in [7, 11) is 0. The van der Waals surface area contributed by atoms with Crippen molar-refractivity contribution in [1.29, 1.82) is 0 Å². The van der Waals surface area contributed by atoms with Crippen LogP contribution in [-0.4, -0.2) is 14.5 Å². The highest BCUT2D eigenvalue weighted by Crippen LogP contribution is 2.27. The molecule has 0 aliphatic heterocycles. The zero-order valence-electron chi connectivity index (χ0n) is 10.7. The fraction of sp³-hybridized carbons (Fsp3) is 0.143. The number of nitrogens with zero attached hydrogens (tertiary/aromatic N) is 2. The smallest absolute Gasteiger partial charge is 0.178 e. The number of fused-ring (bicyclic) bond motifs is 1. The molecule has 0 aliphatic carbocycles. The van der Waals surface area contributed by atoms with Crippen LogP contribution in [0.15, 0.2) is 30.3 Å². The van der Waals surface area contributed by atoms with Gasteiger partial charge >= 0.3 is 0 Å². The summed E-state index contributed by atoms with van der Waals surface area (Å²) in [4.78, 5) is 7.63. The van der Waals surface area contributed by atoms with E-state index in [9.17, 15) is 0 Å². The van der Waals surface area contributed by atoms with E-state index < -0.39 is 0 Å². The maximum atomic E-state index is 6.09. The summed E-state index contributed by atoms with van der Waals surface area (Å²) in [6.07, 6.45) is 0. The van der Waals surface area contributed by atoms with Gasteiger partial charge in [0.1, 0.15) is 0 Å². The third-order valence-electron chi connectivity index (χ3n) is 3.08. The summed E-state index contributed by atoms with van der Waals surface area (Å²) < 4.78 is 2.59. The lowest BCUT2D eigenvalue weighted by Crippen LogP contribution is -2.02. The van der Waals surface area contributed by atoms with Crippen LogP contribution in [0.2, 0.25) is 10.0 Å². The van der Waals surface area contributed by atoms with E-state index >= 15 is 0 Å². The standard InChI is InChI=1S/C14H11Cl2N3S/c1-8-3-2-4-9(17-8)7-19-13-6-11(16)10(15)5-12(13)18-14(19)20/h2-6H,7H2,1H3,(H,18,20). The van der Waals surface area contributed by atoms with Crippen LogP contribution in [0.3, 0.4) is 0 Å². The van der Waals surface area contributed by atoms with Crippen LogP contribution in [0.25, 0.3) is 11.0 Å². The van der Waals surface area contributed by atoms with E-state index in [0.29, 0.717) is 21.4 Å². The third-order valence-corrected chi connectivity index (χ3v) is 4.13. The molecule has 0 bridgehead atoms. The number of benzene rings is 1. The van der Waals surface area contributed by atoms with Crippen LogP contribution in [0.5, 0.6) is 0 Å². The Morgan fingerprint density at radius 3 is 2.75 bits per heavy atom. The summed E-state index contributed by atoms with van der Waals surface area (Å²) in [6, 6.07) is 9.54. The number of pyridine rings is 1. The molecular formula is C14H11Cl2N3S. The molecule has 0 unspecified atom stereocenters. The third kappa shape index (κ3) is 2.46. The first-order chi connectivity index (χ1) is 9.54. The van der Waals surface area contributed by atoms with Crippen LogP contribution in [0, 0.1) is 11.7 Å². The molecule has 102 valence electrons. The number of H-pyrrole nitrogens is 1. The molecule has 3 aromatic rings. The van der Waals surface area contributed by atoms with Crippen molar-refractivity contribution in [2.45, 2.75) is 13.5 Å². The maximum absolute atomic E-state index is 6.09. The van der Waals surface area contributed by atoms with Crippen molar-refractivity contribution in [3.8, 4) is 0 Å². The number of aromatic nitrogens is 3. The molecule has 0 radical (unpaired) electrons. The summed E-state index contributed by atoms with van der Waals surface area (Å²) in [5.74, 6) is 0. The zero-order chi connectivity index (χ0) is 14.3. The summed E-state index contributed by atoms with van der Waals surface area (Å²) in [5, 5.41) is 1.02.